The van der Waals surface area contributed by atoms with E-state index >= 15 is 0 Å². The molecular formula is C24H34O4S. The Morgan fingerprint density at radius 1 is 0.586 bits per heavy atom. The van der Waals surface area contributed by atoms with Crippen molar-refractivity contribution in [2.24, 2.45) is 0 Å². The molecule has 0 saturated heterocycles. The Morgan fingerprint density at radius 2 is 0.897 bits per heavy atom. The van der Waals surface area contributed by atoms with Crippen LogP contribution >= 0.6 is 0 Å². The van der Waals surface area contributed by atoms with Crippen molar-refractivity contribution in [3.05, 3.63) is 46.5 Å². The summed E-state index contributed by atoms with van der Waals surface area (Å²) in [6.07, 6.45) is 5.62. The first-order chi connectivity index (χ1) is 13.8. The van der Waals surface area contributed by atoms with E-state index in [2.05, 4.69) is 0 Å². The predicted molar refractivity (Wildman–Crippen MR) is 118 cm³/mol. The number of sulfone groups is 1. The van der Waals surface area contributed by atoms with Crippen LogP contribution in [0.2, 0.25) is 0 Å². The summed E-state index contributed by atoms with van der Waals surface area (Å²) in [7, 11) is -3.78. The number of hydrogen-bond donors (Lipinski definition) is 2. The Balaban J connectivity index is 2.77. The zero-order valence-corrected chi connectivity index (χ0v) is 18.9. The predicted octanol–water partition coefficient (Wildman–Crippen LogP) is 5.74. The second kappa shape index (κ2) is 10.1. The molecule has 0 bridgehead atoms. The topological polar surface area (TPSA) is 74.6 Å². The molecule has 0 spiro atoms. The maximum atomic E-state index is 13.8. The number of phenols is 2. The van der Waals surface area contributed by atoms with Crippen molar-refractivity contribution in [2.45, 2.75) is 88.9 Å². The fraction of sp³-hybridized carbons (Fsp3) is 0.500. The lowest BCUT2D eigenvalue weighted by Gasteiger charge is -2.17. The van der Waals surface area contributed by atoms with Gasteiger partial charge in [0.2, 0.25) is 9.84 Å². The van der Waals surface area contributed by atoms with Crippen molar-refractivity contribution in [1.82, 2.24) is 0 Å². The lowest BCUT2D eigenvalue weighted by molar-refractivity contribution is 0.465. The molecule has 0 aromatic heterocycles. The summed E-state index contributed by atoms with van der Waals surface area (Å²) >= 11 is 0. The zero-order valence-electron chi connectivity index (χ0n) is 18.1. The van der Waals surface area contributed by atoms with E-state index in [1.807, 2.05) is 27.7 Å². The second-order valence-electron chi connectivity index (χ2n) is 7.68. The quantitative estimate of drug-likeness (QED) is 0.516. The van der Waals surface area contributed by atoms with Gasteiger partial charge in [0.1, 0.15) is 11.5 Å². The standard InChI is InChI=1S/C24H34O4S/c1-5-9-17-15-23(19(11-7-3)13-21(17)25)29(27,28)24-16-18(10-6-2)22(26)14-20(24)12-8-4/h13-16,25-26H,5-12H2,1-4H3. The van der Waals surface area contributed by atoms with Crippen molar-refractivity contribution in [3.63, 3.8) is 0 Å². The first-order valence-corrected chi connectivity index (χ1v) is 12.2. The molecule has 2 aromatic rings. The number of hydrogen-bond acceptors (Lipinski definition) is 4. The monoisotopic (exact) mass is 418 g/mol. The van der Waals surface area contributed by atoms with Crippen molar-refractivity contribution < 1.29 is 18.6 Å². The van der Waals surface area contributed by atoms with Crippen LogP contribution in [0.1, 0.15) is 75.6 Å². The average Bonchev–Trinajstić information content (AvgIpc) is 2.66. The Bertz CT molecular complexity index is 874. The van der Waals surface area contributed by atoms with Gasteiger partial charge in [0.25, 0.3) is 0 Å². The van der Waals surface area contributed by atoms with Gasteiger partial charge in [-0.25, -0.2) is 8.42 Å². The van der Waals surface area contributed by atoms with Gasteiger partial charge < -0.3 is 10.2 Å². The Labute approximate surface area is 175 Å². The van der Waals surface area contributed by atoms with Crippen LogP contribution in [-0.2, 0) is 35.5 Å². The molecule has 0 radical (unpaired) electrons. The zero-order chi connectivity index (χ0) is 21.6. The van der Waals surface area contributed by atoms with Gasteiger partial charge in [-0.15, -0.1) is 0 Å². The van der Waals surface area contributed by atoms with E-state index < -0.39 is 9.84 Å². The van der Waals surface area contributed by atoms with Crippen molar-refractivity contribution >= 4 is 9.84 Å². The maximum Gasteiger partial charge on any atom is 0.207 e. The third-order valence-corrected chi connectivity index (χ3v) is 7.10. The molecule has 0 saturated carbocycles. The first-order valence-electron chi connectivity index (χ1n) is 10.7. The molecule has 160 valence electrons. The third-order valence-electron chi connectivity index (χ3n) is 5.18. The highest BCUT2D eigenvalue weighted by Gasteiger charge is 2.26. The van der Waals surface area contributed by atoms with Crippen molar-refractivity contribution in [3.8, 4) is 11.5 Å². The molecule has 0 amide bonds. The molecule has 2 aromatic carbocycles. The van der Waals surface area contributed by atoms with E-state index in [1.54, 1.807) is 24.3 Å². The minimum absolute atomic E-state index is 0.167. The molecular weight excluding hydrogens is 384 g/mol. The molecule has 0 fully saturated rings. The Morgan fingerprint density at radius 3 is 1.21 bits per heavy atom. The molecule has 2 rings (SSSR count). The van der Waals surface area contributed by atoms with Crippen LogP contribution < -0.4 is 0 Å². The van der Waals surface area contributed by atoms with Gasteiger partial charge in [-0.3, -0.25) is 0 Å². The third kappa shape index (κ3) is 5.13. The van der Waals surface area contributed by atoms with Gasteiger partial charge in [-0.05, 0) is 72.2 Å². The summed E-state index contributed by atoms with van der Waals surface area (Å²) in [5.74, 6) is 0.334. The molecule has 0 atom stereocenters. The summed E-state index contributed by atoms with van der Waals surface area (Å²) in [6.45, 7) is 8.00. The minimum Gasteiger partial charge on any atom is -0.508 e. The fourth-order valence-corrected chi connectivity index (χ4v) is 5.64. The van der Waals surface area contributed by atoms with Crippen molar-refractivity contribution in [2.75, 3.05) is 0 Å². The van der Waals surface area contributed by atoms with E-state index in [4.69, 9.17) is 0 Å². The van der Waals surface area contributed by atoms with Gasteiger partial charge >= 0.3 is 0 Å². The molecule has 4 nitrogen and oxygen atoms in total. The normalized spacial score (nSPS) is 11.7. The number of phenolic OH excluding ortho intramolecular Hbond substituents is 2. The van der Waals surface area contributed by atoms with Gasteiger partial charge in [-0.2, -0.15) is 0 Å². The van der Waals surface area contributed by atoms with Gasteiger partial charge in [-0.1, -0.05) is 53.4 Å². The Kier molecular flexibility index (Phi) is 8.14. The molecule has 0 aliphatic rings. The minimum atomic E-state index is -3.78. The first kappa shape index (κ1) is 23.3. The smallest absolute Gasteiger partial charge is 0.207 e. The number of aryl methyl sites for hydroxylation is 4. The maximum absolute atomic E-state index is 13.8. The lowest BCUT2D eigenvalue weighted by Crippen LogP contribution is -2.11. The van der Waals surface area contributed by atoms with Gasteiger partial charge in [0.15, 0.2) is 0 Å². The van der Waals surface area contributed by atoms with E-state index in [1.165, 1.54) is 0 Å². The van der Waals surface area contributed by atoms with E-state index in [0.29, 0.717) is 47.9 Å². The summed E-state index contributed by atoms with van der Waals surface area (Å²) in [6, 6.07) is 6.55. The van der Waals surface area contributed by atoms with Crippen LogP contribution in [0.3, 0.4) is 0 Å². The summed E-state index contributed by atoms with van der Waals surface area (Å²) in [5, 5.41) is 20.7. The lowest BCUT2D eigenvalue weighted by atomic mass is 10.0. The van der Waals surface area contributed by atoms with E-state index in [9.17, 15) is 18.6 Å². The summed E-state index contributed by atoms with van der Waals surface area (Å²) < 4.78 is 27.6. The molecule has 0 aliphatic heterocycles. The highest BCUT2D eigenvalue weighted by atomic mass is 32.2. The highest BCUT2D eigenvalue weighted by Crippen LogP contribution is 2.35. The number of aromatic hydroxyl groups is 2. The summed E-state index contributed by atoms with van der Waals surface area (Å²) in [5.41, 5.74) is 2.63. The highest BCUT2D eigenvalue weighted by molar-refractivity contribution is 7.91. The molecule has 29 heavy (non-hydrogen) atoms. The fourth-order valence-electron chi connectivity index (χ4n) is 3.79. The number of benzene rings is 2. The van der Waals surface area contributed by atoms with E-state index in [-0.39, 0.29) is 21.3 Å². The Hall–Kier alpha value is -2.01. The molecule has 0 heterocycles. The second-order valence-corrected chi connectivity index (χ2v) is 9.57. The van der Waals surface area contributed by atoms with Crippen LogP contribution in [0, 0.1) is 0 Å². The van der Waals surface area contributed by atoms with Crippen LogP contribution in [-0.4, -0.2) is 18.6 Å². The van der Waals surface area contributed by atoms with Crippen LogP contribution in [0.25, 0.3) is 0 Å². The molecule has 5 heteroatoms. The van der Waals surface area contributed by atoms with Crippen LogP contribution in [0.15, 0.2) is 34.1 Å². The average molecular weight is 419 g/mol. The molecule has 0 unspecified atom stereocenters. The number of rotatable bonds is 10. The van der Waals surface area contributed by atoms with Crippen LogP contribution in [0.4, 0.5) is 0 Å². The SMILES string of the molecule is CCCc1cc(S(=O)(=O)c2cc(CCC)c(O)cc2CCC)c(CCC)cc1O. The molecule has 0 aliphatic carbocycles. The van der Waals surface area contributed by atoms with E-state index in [0.717, 1.165) is 25.7 Å². The molecule has 2 N–H and O–H groups in total. The van der Waals surface area contributed by atoms with Gasteiger partial charge in [0.05, 0.1) is 9.79 Å². The van der Waals surface area contributed by atoms with Crippen LogP contribution in [0.5, 0.6) is 11.5 Å². The van der Waals surface area contributed by atoms with Crippen molar-refractivity contribution in [1.29, 1.82) is 0 Å². The largest absolute Gasteiger partial charge is 0.508 e. The van der Waals surface area contributed by atoms with Gasteiger partial charge in [0, 0.05) is 0 Å². The summed E-state index contributed by atoms with van der Waals surface area (Å²) in [4.78, 5) is 0.567.